The van der Waals surface area contributed by atoms with Gasteiger partial charge in [0.05, 0.1) is 0 Å². The first-order chi connectivity index (χ1) is 2.91. The number of unbranched alkanes of at least 4 members (excludes halogenated alkanes) is 3. The van der Waals surface area contributed by atoms with E-state index in [0.717, 1.165) is 0 Å². The summed E-state index contributed by atoms with van der Waals surface area (Å²) in [4.78, 5) is 0. The zero-order chi connectivity index (χ0) is 4.83. The summed E-state index contributed by atoms with van der Waals surface area (Å²) in [5.41, 5.74) is 0. The lowest BCUT2D eigenvalue weighted by atomic mass is 10.2. The van der Waals surface area contributed by atoms with Crippen molar-refractivity contribution in [2.75, 3.05) is 0 Å². The predicted octanol–water partition coefficient (Wildman–Crippen LogP) is 3.20. The molecule has 46 valence electrons. The van der Waals surface area contributed by atoms with Crippen LogP contribution in [0.5, 0.6) is 0 Å². The molecule has 0 unspecified atom stereocenters. The maximum absolute atomic E-state index is 2.23. The van der Waals surface area contributed by atoms with Crippen LogP contribution >= 0.6 is 24.0 Å². The van der Waals surface area contributed by atoms with Gasteiger partial charge in [0.25, 0.3) is 0 Å². The molecule has 0 bridgehead atoms. The van der Waals surface area contributed by atoms with Gasteiger partial charge in [-0.1, -0.05) is 39.5 Å². The van der Waals surface area contributed by atoms with E-state index in [1.54, 1.807) is 0 Å². The van der Waals surface area contributed by atoms with E-state index < -0.39 is 0 Å². The Kier molecular flexibility index (Phi) is 15.0. The van der Waals surface area contributed by atoms with E-state index >= 15 is 0 Å². The fourth-order valence-corrected chi connectivity index (χ4v) is 0.500. The summed E-state index contributed by atoms with van der Waals surface area (Å²) in [6.45, 7) is 4.46. The van der Waals surface area contributed by atoms with E-state index in [0.29, 0.717) is 0 Å². The molecule has 0 aromatic heterocycles. The SMILES string of the molecule is CCCCCC.I. The van der Waals surface area contributed by atoms with Gasteiger partial charge in [-0.2, -0.15) is 0 Å². The monoisotopic (exact) mass is 214 g/mol. The molecule has 0 atom stereocenters. The molecule has 0 aromatic rings. The largest absolute Gasteiger partial charge is 0.107 e. The van der Waals surface area contributed by atoms with Crippen LogP contribution in [0.3, 0.4) is 0 Å². The van der Waals surface area contributed by atoms with Crippen molar-refractivity contribution in [2.24, 2.45) is 0 Å². The molecule has 0 aliphatic rings. The molecule has 0 nitrogen and oxygen atoms in total. The Morgan fingerprint density at radius 1 is 0.857 bits per heavy atom. The molecular formula is C6H15I. The Labute approximate surface area is 63.7 Å². The molecular weight excluding hydrogens is 199 g/mol. The molecule has 0 aliphatic carbocycles. The van der Waals surface area contributed by atoms with Gasteiger partial charge in [0.15, 0.2) is 0 Å². The minimum Gasteiger partial charge on any atom is -0.107 e. The Balaban J connectivity index is 0. The van der Waals surface area contributed by atoms with Gasteiger partial charge in [-0.25, -0.2) is 0 Å². The minimum absolute atomic E-state index is 0. The quantitative estimate of drug-likeness (QED) is 0.499. The van der Waals surface area contributed by atoms with Crippen LogP contribution in [0.1, 0.15) is 39.5 Å². The van der Waals surface area contributed by atoms with Crippen molar-refractivity contribution in [3.8, 4) is 0 Å². The van der Waals surface area contributed by atoms with Crippen molar-refractivity contribution < 1.29 is 0 Å². The van der Waals surface area contributed by atoms with Crippen LogP contribution in [-0.4, -0.2) is 0 Å². The van der Waals surface area contributed by atoms with Crippen LogP contribution < -0.4 is 0 Å². The fraction of sp³-hybridized carbons (Fsp3) is 1.00. The van der Waals surface area contributed by atoms with Gasteiger partial charge in [0.2, 0.25) is 0 Å². The highest BCUT2D eigenvalue weighted by atomic mass is 127. The fourth-order valence-electron chi connectivity index (χ4n) is 0.500. The van der Waals surface area contributed by atoms with Crippen molar-refractivity contribution in [3.05, 3.63) is 0 Å². The van der Waals surface area contributed by atoms with Crippen LogP contribution in [0.2, 0.25) is 0 Å². The van der Waals surface area contributed by atoms with Crippen molar-refractivity contribution in [1.82, 2.24) is 0 Å². The third-order valence-corrected chi connectivity index (χ3v) is 0.957. The standard InChI is InChI=1S/C6H14.HI/c1-3-5-6-4-2;/h3-6H2,1-2H3;1H. The predicted molar refractivity (Wildman–Crippen MR) is 45.2 cm³/mol. The summed E-state index contributed by atoms with van der Waals surface area (Å²) in [6.07, 6.45) is 5.54. The minimum atomic E-state index is 0. The number of hydrogen-bond donors (Lipinski definition) is 0. The van der Waals surface area contributed by atoms with Gasteiger partial charge in [0.1, 0.15) is 0 Å². The molecule has 1 heteroatoms. The van der Waals surface area contributed by atoms with Gasteiger partial charge >= 0.3 is 0 Å². The summed E-state index contributed by atoms with van der Waals surface area (Å²) < 4.78 is 0. The highest BCUT2D eigenvalue weighted by Gasteiger charge is 1.75. The normalized spacial score (nSPS) is 7.71. The first-order valence-electron chi connectivity index (χ1n) is 2.91. The average Bonchev–Trinajstić information content (AvgIpc) is 1.61. The first-order valence-corrected chi connectivity index (χ1v) is 2.91. The summed E-state index contributed by atoms with van der Waals surface area (Å²) in [6, 6.07) is 0. The molecule has 0 saturated carbocycles. The van der Waals surface area contributed by atoms with E-state index in [2.05, 4.69) is 13.8 Å². The molecule has 0 heterocycles. The number of hydrogen-bond acceptors (Lipinski definition) is 0. The Bertz CT molecular complexity index is 16.1. The topological polar surface area (TPSA) is 0 Å². The summed E-state index contributed by atoms with van der Waals surface area (Å²) in [5, 5.41) is 0. The summed E-state index contributed by atoms with van der Waals surface area (Å²) in [5.74, 6) is 0. The average molecular weight is 214 g/mol. The molecule has 0 aliphatic heterocycles. The molecule has 0 amide bonds. The van der Waals surface area contributed by atoms with Crippen LogP contribution in [0.15, 0.2) is 0 Å². The molecule has 0 fully saturated rings. The molecule has 0 saturated heterocycles. The smallest absolute Gasteiger partial charge is 0.0536 e. The third-order valence-electron chi connectivity index (χ3n) is 0.957. The maximum Gasteiger partial charge on any atom is -0.0536 e. The van der Waals surface area contributed by atoms with Gasteiger partial charge in [0, 0.05) is 0 Å². The van der Waals surface area contributed by atoms with Crippen LogP contribution in [0.25, 0.3) is 0 Å². The lowest BCUT2D eigenvalue weighted by Gasteiger charge is -1.86. The second-order valence-electron chi connectivity index (χ2n) is 1.71. The van der Waals surface area contributed by atoms with Crippen molar-refractivity contribution in [1.29, 1.82) is 0 Å². The summed E-state index contributed by atoms with van der Waals surface area (Å²) >= 11 is 0. The van der Waals surface area contributed by atoms with Crippen molar-refractivity contribution in [2.45, 2.75) is 39.5 Å². The second kappa shape index (κ2) is 9.88. The van der Waals surface area contributed by atoms with Crippen LogP contribution in [0.4, 0.5) is 0 Å². The zero-order valence-electron chi connectivity index (χ0n) is 5.24. The Morgan fingerprint density at radius 2 is 1.14 bits per heavy atom. The highest BCUT2D eigenvalue weighted by Crippen LogP contribution is 1.95. The molecule has 0 N–H and O–H groups in total. The lowest BCUT2D eigenvalue weighted by Crippen LogP contribution is -1.66. The van der Waals surface area contributed by atoms with Gasteiger partial charge in [-0.05, 0) is 0 Å². The maximum atomic E-state index is 2.23. The molecule has 0 spiro atoms. The number of halogens is 1. The lowest BCUT2D eigenvalue weighted by molar-refractivity contribution is 0.702. The van der Waals surface area contributed by atoms with E-state index in [9.17, 15) is 0 Å². The second-order valence-corrected chi connectivity index (χ2v) is 1.71. The molecule has 0 aromatic carbocycles. The molecule has 7 heavy (non-hydrogen) atoms. The zero-order valence-corrected chi connectivity index (χ0v) is 7.57. The van der Waals surface area contributed by atoms with E-state index in [1.165, 1.54) is 25.7 Å². The third kappa shape index (κ3) is 10.8. The van der Waals surface area contributed by atoms with Crippen LogP contribution in [0, 0.1) is 0 Å². The highest BCUT2D eigenvalue weighted by molar-refractivity contribution is 14.0. The van der Waals surface area contributed by atoms with E-state index in [4.69, 9.17) is 0 Å². The Hall–Kier alpha value is 0.730. The molecule has 0 rings (SSSR count). The van der Waals surface area contributed by atoms with Crippen molar-refractivity contribution in [3.63, 3.8) is 0 Å². The van der Waals surface area contributed by atoms with E-state index in [-0.39, 0.29) is 24.0 Å². The Morgan fingerprint density at radius 3 is 1.29 bits per heavy atom. The van der Waals surface area contributed by atoms with Crippen LogP contribution in [-0.2, 0) is 0 Å². The van der Waals surface area contributed by atoms with Gasteiger partial charge in [-0.3, -0.25) is 0 Å². The van der Waals surface area contributed by atoms with Gasteiger partial charge in [-0.15, -0.1) is 24.0 Å². The molecule has 0 radical (unpaired) electrons. The van der Waals surface area contributed by atoms with Gasteiger partial charge < -0.3 is 0 Å². The first kappa shape index (κ1) is 10.7. The number of rotatable bonds is 3. The summed E-state index contributed by atoms with van der Waals surface area (Å²) in [7, 11) is 0. The van der Waals surface area contributed by atoms with Crippen molar-refractivity contribution >= 4 is 24.0 Å². The van der Waals surface area contributed by atoms with E-state index in [1.807, 2.05) is 0 Å².